The number of carbonyl (C=O) groups is 1. The number of carbonyl (C=O) groups excluding carboxylic acids is 1. The number of ether oxygens (including phenoxy) is 1. The van der Waals surface area contributed by atoms with Crippen LogP contribution in [0.2, 0.25) is 5.02 Å². The third kappa shape index (κ3) is 5.03. The Bertz CT molecular complexity index is 1280. The highest BCUT2D eigenvalue weighted by Crippen LogP contribution is 2.40. The van der Waals surface area contributed by atoms with E-state index in [9.17, 15) is 21.6 Å². The van der Waals surface area contributed by atoms with Crippen molar-refractivity contribution < 1.29 is 26.4 Å². The molecule has 0 aliphatic rings. The van der Waals surface area contributed by atoms with Gasteiger partial charge in [-0.1, -0.05) is 66.7 Å². The molecule has 0 saturated carbocycles. The van der Waals surface area contributed by atoms with Crippen molar-refractivity contribution in [1.29, 1.82) is 0 Å². The summed E-state index contributed by atoms with van der Waals surface area (Å²) in [7, 11) is -7.97. The molecule has 3 aromatic rings. The van der Waals surface area contributed by atoms with Gasteiger partial charge in [-0.05, 0) is 42.0 Å². The van der Waals surface area contributed by atoms with Gasteiger partial charge in [0.05, 0.1) is 16.9 Å². The van der Waals surface area contributed by atoms with Gasteiger partial charge in [-0.25, -0.2) is 21.6 Å². The number of halogens is 1. The van der Waals surface area contributed by atoms with E-state index in [1.807, 2.05) is 0 Å². The second-order valence-corrected chi connectivity index (χ2v) is 12.0. The Kier molecular flexibility index (Phi) is 7.41. The van der Waals surface area contributed by atoms with E-state index in [0.717, 1.165) is 7.11 Å². The van der Waals surface area contributed by atoms with Crippen molar-refractivity contribution in [2.75, 3.05) is 7.11 Å². The standard InChI is InChI=1S/C24H21ClO6S2/c1-17(23(26)31-2)22(18-13-15-19(25)16-14-18)24(32(27,28)20-9-5-3-6-10-20)33(29,30)21-11-7-4-8-12-21/h3-16,22,24H,1H2,2H3/t22-/m0/s1. The lowest BCUT2D eigenvalue weighted by Gasteiger charge is -2.28. The summed E-state index contributed by atoms with van der Waals surface area (Å²) in [5.41, 5.74) is -0.0809. The molecule has 172 valence electrons. The first-order valence-electron chi connectivity index (χ1n) is 9.71. The molecule has 3 aromatic carbocycles. The van der Waals surface area contributed by atoms with Crippen LogP contribution in [0.15, 0.2) is 107 Å². The van der Waals surface area contributed by atoms with Gasteiger partial charge in [-0.3, -0.25) is 0 Å². The molecule has 0 unspecified atom stereocenters. The molecular weight excluding hydrogens is 484 g/mol. The van der Waals surface area contributed by atoms with E-state index in [0.29, 0.717) is 5.02 Å². The first-order chi connectivity index (χ1) is 15.6. The van der Waals surface area contributed by atoms with Crippen molar-refractivity contribution in [2.45, 2.75) is 20.3 Å². The number of benzene rings is 3. The normalized spacial score (nSPS) is 12.8. The average Bonchev–Trinajstić information content (AvgIpc) is 2.83. The van der Waals surface area contributed by atoms with Crippen LogP contribution in [-0.2, 0) is 29.2 Å². The van der Waals surface area contributed by atoms with Crippen molar-refractivity contribution in [3.05, 3.63) is 108 Å². The van der Waals surface area contributed by atoms with Crippen LogP contribution in [0, 0.1) is 0 Å². The van der Waals surface area contributed by atoms with E-state index in [4.69, 9.17) is 16.3 Å². The average molecular weight is 505 g/mol. The number of hydrogen-bond acceptors (Lipinski definition) is 6. The van der Waals surface area contributed by atoms with Gasteiger partial charge in [0.2, 0.25) is 0 Å². The molecule has 0 aliphatic heterocycles. The van der Waals surface area contributed by atoms with Gasteiger partial charge in [0.25, 0.3) is 0 Å². The SMILES string of the molecule is C=C(C(=O)OC)[C@@H](c1ccc(Cl)cc1)C(S(=O)(=O)c1ccccc1)S(=O)(=O)c1ccccc1. The Hall–Kier alpha value is -2.94. The maximum absolute atomic E-state index is 13.9. The lowest BCUT2D eigenvalue weighted by atomic mass is 9.93. The van der Waals surface area contributed by atoms with Gasteiger partial charge < -0.3 is 4.74 Å². The maximum Gasteiger partial charge on any atom is 0.333 e. The summed E-state index contributed by atoms with van der Waals surface area (Å²) in [6.45, 7) is 3.72. The molecule has 0 amide bonds. The molecule has 6 nitrogen and oxygen atoms in total. The van der Waals surface area contributed by atoms with Crippen LogP contribution in [0.3, 0.4) is 0 Å². The van der Waals surface area contributed by atoms with Gasteiger partial charge in [-0.2, -0.15) is 0 Å². The first-order valence-corrected chi connectivity index (χ1v) is 13.2. The van der Waals surface area contributed by atoms with E-state index in [1.54, 1.807) is 12.1 Å². The largest absolute Gasteiger partial charge is 0.466 e. The van der Waals surface area contributed by atoms with Crippen molar-refractivity contribution >= 4 is 37.2 Å². The molecule has 0 spiro atoms. The first kappa shape index (κ1) is 24.7. The molecule has 0 aromatic heterocycles. The lowest BCUT2D eigenvalue weighted by molar-refractivity contribution is -0.136. The van der Waals surface area contributed by atoms with Gasteiger partial charge in [0.1, 0.15) is 0 Å². The van der Waals surface area contributed by atoms with Crippen LogP contribution >= 0.6 is 11.6 Å². The summed E-state index contributed by atoms with van der Waals surface area (Å²) in [5.74, 6) is -2.39. The molecule has 0 fully saturated rings. The van der Waals surface area contributed by atoms with Crippen LogP contribution in [0.4, 0.5) is 0 Å². The Labute approximate surface area is 198 Å². The topological polar surface area (TPSA) is 94.6 Å². The molecule has 9 heteroatoms. The summed E-state index contributed by atoms with van der Waals surface area (Å²) < 4.78 is 58.1. The molecule has 0 heterocycles. The van der Waals surface area contributed by atoms with Gasteiger partial charge >= 0.3 is 5.97 Å². The van der Waals surface area contributed by atoms with E-state index in [1.165, 1.54) is 72.8 Å². The molecule has 33 heavy (non-hydrogen) atoms. The summed E-state index contributed by atoms with van der Waals surface area (Å²) >= 11 is 5.99. The minimum Gasteiger partial charge on any atom is -0.466 e. The highest BCUT2D eigenvalue weighted by Gasteiger charge is 2.48. The molecule has 0 bridgehead atoms. The van der Waals surface area contributed by atoms with Crippen molar-refractivity contribution in [3.63, 3.8) is 0 Å². The summed E-state index contributed by atoms with van der Waals surface area (Å²) in [6, 6.07) is 20.3. The minimum atomic E-state index is -4.54. The fourth-order valence-electron chi connectivity index (χ4n) is 3.46. The smallest absolute Gasteiger partial charge is 0.333 e. The van der Waals surface area contributed by atoms with E-state index >= 15 is 0 Å². The van der Waals surface area contributed by atoms with Crippen molar-refractivity contribution in [2.24, 2.45) is 0 Å². The van der Waals surface area contributed by atoms with Gasteiger partial charge in [-0.15, -0.1) is 0 Å². The Morgan fingerprint density at radius 2 is 1.21 bits per heavy atom. The molecule has 0 aliphatic carbocycles. The number of rotatable bonds is 8. The molecule has 1 atom stereocenters. The lowest BCUT2D eigenvalue weighted by Crippen LogP contribution is -2.38. The highest BCUT2D eigenvalue weighted by atomic mass is 35.5. The number of hydrogen-bond donors (Lipinski definition) is 0. The van der Waals surface area contributed by atoms with Crippen LogP contribution in [0.5, 0.6) is 0 Å². The molecular formula is C24H21ClO6S2. The summed E-state index contributed by atoms with van der Waals surface area (Å²) in [4.78, 5) is 12.1. The predicted octanol–water partition coefficient (Wildman–Crippen LogP) is 4.43. The summed E-state index contributed by atoms with van der Waals surface area (Å²) in [5, 5.41) is 0.356. The molecule has 0 N–H and O–H groups in total. The van der Waals surface area contributed by atoms with E-state index in [2.05, 4.69) is 6.58 Å². The second-order valence-electron chi connectivity index (χ2n) is 7.13. The number of methoxy groups -OCH3 is 1. The molecule has 0 saturated heterocycles. The summed E-state index contributed by atoms with van der Waals surface area (Å²) in [6.07, 6.45) is 0. The Morgan fingerprint density at radius 1 is 0.788 bits per heavy atom. The van der Waals surface area contributed by atoms with Gasteiger partial charge in [0.15, 0.2) is 24.3 Å². The molecule has 3 rings (SSSR count). The monoisotopic (exact) mass is 504 g/mol. The van der Waals surface area contributed by atoms with Crippen molar-refractivity contribution in [1.82, 2.24) is 0 Å². The zero-order chi connectivity index (χ0) is 24.2. The Morgan fingerprint density at radius 3 is 1.61 bits per heavy atom. The van der Waals surface area contributed by atoms with Crippen molar-refractivity contribution in [3.8, 4) is 0 Å². The minimum absolute atomic E-state index is 0.203. The van der Waals surface area contributed by atoms with E-state index in [-0.39, 0.29) is 20.9 Å². The van der Waals surface area contributed by atoms with Crippen LogP contribution in [0.25, 0.3) is 0 Å². The zero-order valence-corrected chi connectivity index (χ0v) is 20.0. The Balaban J connectivity index is 2.37. The highest BCUT2D eigenvalue weighted by molar-refractivity contribution is 8.09. The van der Waals surface area contributed by atoms with Gasteiger partial charge in [0, 0.05) is 16.5 Å². The number of sulfone groups is 2. The van der Waals surface area contributed by atoms with E-state index < -0.39 is 36.1 Å². The van der Waals surface area contributed by atoms with Crippen LogP contribution in [0.1, 0.15) is 11.5 Å². The van der Waals surface area contributed by atoms with Crippen LogP contribution in [-0.4, -0.2) is 34.5 Å². The third-order valence-corrected chi connectivity index (χ3v) is 10.5. The quantitative estimate of drug-likeness (QED) is 0.333. The second kappa shape index (κ2) is 9.91. The fourth-order valence-corrected chi connectivity index (χ4v) is 8.56. The maximum atomic E-state index is 13.9. The van der Waals surface area contributed by atoms with Crippen LogP contribution < -0.4 is 0 Å². The zero-order valence-electron chi connectivity index (χ0n) is 17.6. The predicted molar refractivity (Wildman–Crippen MR) is 126 cm³/mol. The molecule has 0 radical (unpaired) electrons. The third-order valence-electron chi connectivity index (χ3n) is 5.08. The number of esters is 1. The fraction of sp³-hybridized carbons (Fsp3) is 0.125.